The number of hydrogen-bond acceptors (Lipinski definition) is 3. The Morgan fingerprint density at radius 1 is 1.15 bits per heavy atom. The molecule has 0 fully saturated rings. The van der Waals surface area contributed by atoms with Crippen LogP contribution in [0, 0.1) is 5.82 Å². The minimum Gasteiger partial charge on any atom is -0.493 e. The molecule has 3 nitrogen and oxygen atoms in total. The second-order valence-corrected chi connectivity index (χ2v) is 4.22. The summed E-state index contributed by atoms with van der Waals surface area (Å²) in [5.41, 5.74) is 0.120. The Morgan fingerprint density at radius 2 is 1.70 bits per heavy atom. The van der Waals surface area contributed by atoms with Crippen molar-refractivity contribution in [3.8, 4) is 11.5 Å². The molecule has 20 heavy (non-hydrogen) atoms. The van der Waals surface area contributed by atoms with Gasteiger partial charge in [0.1, 0.15) is 5.82 Å². The van der Waals surface area contributed by atoms with Crippen LogP contribution in [0.2, 0.25) is 0 Å². The van der Waals surface area contributed by atoms with Gasteiger partial charge in [0.25, 0.3) is 0 Å². The molecule has 0 aliphatic carbocycles. The Morgan fingerprint density at radius 3 is 2.15 bits per heavy atom. The van der Waals surface area contributed by atoms with E-state index in [2.05, 4.69) is 5.32 Å². The monoisotopic (exact) mass is 295 g/mol. The van der Waals surface area contributed by atoms with Crippen LogP contribution in [0.5, 0.6) is 11.5 Å². The number of benzene rings is 1. The lowest BCUT2D eigenvalue weighted by atomic mass is 10.0. The number of nitrogens with one attached hydrogen (secondary N) is 1. The van der Waals surface area contributed by atoms with Gasteiger partial charge in [-0.05, 0) is 19.5 Å². The maximum absolute atomic E-state index is 14.0. The van der Waals surface area contributed by atoms with Crippen molar-refractivity contribution in [2.75, 3.05) is 21.3 Å². The standard InChI is InChI=1S/C13H17F4NO2/c1-18-10(4-5-13(15,16)17)8-6-11(19-2)12(20-3)7-9(8)14/h6-7,10,18H,4-5H2,1-3H3. The van der Waals surface area contributed by atoms with Gasteiger partial charge in [-0.15, -0.1) is 0 Å². The fourth-order valence-corrected chi connectivity index (χ4v) is 1.90. The third-order valence-corrected chi connectivity index (χ3v) is 2.94. The summed E-state index contributed by atoms with van der Waals surface area (Å²) in [6, 6.07) is 1.70. The zero-order valence-corrected chi connectivity index (χ0v) is 11.5. The Bertz CT molecular complexity index is 449. The Labute approximate surface area is 114 Å². The summed E-state index contributed by atoms with van der Waals surface area (Å²) in [5.74, 6) is -0.167. The number of hydrogen-bond donors (Lipinski definition) is 1. The second-order valence-electron chi connectivity index (χ2n) is 4.22. The molecule has 0 heterocycles. The largest absolute Gasteiger partial charge is 0.493 e. The Kier molecular flexibility index (Phi) is 5.62. The number of alkyl halides is 3. The fourth-order valence-electron chi connectivity index (χ4n) is 1.90. The van der Waals surface area contributed by atoms with E-state index in [4.69, 9.17) is 9.47 Å². The van der Waals surface area contributed by atoms with Crippen molar-refractivity contribution in [3.63, 3.8) is 0 Å². The lowest BCUT2D eigenvalue weighted by molar-refractivity contribution is -0.136. The molecule has 0 spiro atoms. The first-order valence-electron chi connectivity index (χ1n) is 5.97. The van der Waals surface area contributed by atoms with Crippen molar-refractivity contribution in [2.24, 2.45) is 0 Å². The van der Waals surface area contributed by atoms with Crippen molar-refractivity contribution in [1.82, 2.24) is 5.32 Å². The van der Waals surface area contributed by atoms with E-state index in [1.54, 1.807) is 0 Å². The minimum atomic E-state index is -4.28. The molecule has 0 amide bonds. The van der Waals surface area contributed by atoms with E-state index in [9.17, 15) is 17.6 Å². The predicted octanol–water partition coefficient (Wildman–Crippen LogP) is 3.45. The predicted molar refractivity (Wildman–Crippen MR) is 66.6 cm³/mol. The topological polar surface area (TPSA) is 30.5 Å². The van der Waals surface area contributed by atoms with E-state index in [1.165, 1.54) is 27.3 Å². The van der Waals surface area contributed by atoms with Gasteiger partial charge in [-0.25, -0.2) is 4.39 Å². The Balaban J connectivity index is 3.03. The van der Waals surface area contributed by atoms with Gasteiger partial charge in [-0.2, -0.15) is 13.2 Å². The van der Waals surface area contributed by atoms with Crippen LogP contribution in [0.25, 0.3) is 0 Å². The van der Waals surface area contributed by atoms with E-state index in [0.29, 0.717) is 0 Å². The molecule has 1 unspecified atom stereocenters. The molecule has 0 aliphatic rings. The average molecular weight is 295 g/mol. The van der Waals surface area contributed by atoms with Crippen LogP contribution < -0.4 is 14.8 Å². The van der Waals surface area contributed by atoms with Crippen molar-refractivity contribution in [1.29, 1.82) is 0 Å². The molecule has 0 saturated carbocycles. The van der Waals surface area contributed by atoms with Gasteiger partial charge in [-0.1, -0.05) is 0 Å². The highest BCUT2D eigenvalue weighted by Gasteiger charge is 2.29. The van der Waals surface area contributed by atoms with Crippen molar-refractivity contribution in [2.45, 2.75) is 25.1 Å². The molecule has 1 aromatic rings. The number of ether oxygens (including phenoxy) is 2. The first-order valence-corrected chi connectivity index (χ1v) is 5.97. The molecule has 0 radical (unpaired) electrons. The van der Waals surface area contributed by atoms with Gasteiger partial charge in [0.15, 0.2) is 11.5 Å². The van der Waals surface area contributed by atoms with Crippen LogP contribution in [0.1, 0.15) is 24.4 Å². The van der Waals surface area contributed by atoms with E-state index < -0.39 is 24.5 Å². The molecule has 0 bridgehead atoms. The summed E-state index contributed by atoms with van der Waals surface area (Å²) in [4.78, 5) is 0. The smallest absolute Gasteiger partial charge is 0.389 e. The highest BCUT2D eigenvalue weighted by atomic mass is 19.4. The van der Waals surface area contributed by atoms with E-state index in [0.717, 1.165) is 6.07 Å². The summed E-state index contributed by atoms with van der Waals surface area (Å²) >= 11 is 0. The molecule has 1 aromatic carbocycles. The lowest BCUT2D eigenvalue weighted by Gasteiger charge is -2.20. The van der Waals surface area contributed by atoms with Crippen LogP contribution in [0.4, 0.5) is 17.6 Å². The van der Waals surface area contributed by atoms with E-state index in [-0.39, 0.29) is 23.5 Å². The summed E-state index contributed by atoms with van der Waals surface area (Å²) < 4.78 is 60.7. The third-order valence-electron chi connectivity index (χ3n) is 2.94. The quantitative estimate of drug-likeness (QED) is 0.815. The van der Waals surface area contributed by atoms with Crippen LogP contribution in [0.3, 0.4) is 0 Å². The molecule has 1 atom stereocenters. The van der Waals surface area contributed by atoms with Crippen LogP contribution in [0.15, 0.2) is 12.1 Å². The second kappa shape index (κ2) is 6.78. The summed E-state index contributed by atoms with van der Waals surface area (Å²) in [7, 11) is 4.22. The first-order chi connectivity index (χ1) is 9.32. The highest BCUT2D eigenvalue weighted by molar-refractivity contribution is 5.44. The number of halogens is 4. The van der Waals surface area contributed by atoms with E-state index >= 15 is 0 Å². The lowest BCUT2D eigenvalue weighted by Crippen LogP contribution is -2.21. The molecule has 7 heteroatoms. The van der Waals surface area contributed by atoms with E-state index in [1.807, 2.05) is 0 Å². The van der Waals surface area contributed by atoms with Crippen LogP contribution in [-0.2, 0) is 0 Å². The van der Waals surface area contributed by atoms with Crippen molar-refractivity contribution < 1.29 is 27.0 Å². The zero-order chi connectivity index (χ0) is 15.3. The number of rotatable bonds is 6. The van der Waals surface area contributed by atoms with Crippen LogP contribution >= 0.6 is 0 Å². The third kappa shape index (κ3) is 4.26. The summed E-state index contributed by atoms with van der Waals surface area (Å²) in [6.07, 6.45) is -5.53. The molecular formula is C13H17F4NO2. The molecule has 1 rings (SSSR count). The summed E-state index contributed by atoms with van der Waals surface area (Å²) in [5, 5.41) is 2.68. The van der Waals surface area contributed by atoms with Crippen molar-refractivity contribution >= 4 is 0 Å². The SMILES string of the molecule is CNC(CCC(F)(F)F)c1cc(OC)c(OC)cc1F. The maximum Gasteiger partial charge on any atom is 0.389 e. The fraction of sp³-hybridized carbons (Fsp3) is 0.538. The van der Waals surface area contributed by atoms with Gasteiger partial charge in [0.05, 0.1) is 14.2 Å². The van der Waals surface area contributed by atoms with Gasteiger partial charge >= 0.3 is 6.18 Å². The molecule has 1 N–H and O–H groups in total. The summed E-state index contributed by atoms with van der Waals surface area (Å²) in [6.45, 7) is 0. The molecule has 0 saturated heterocycles. The van der Waals surface area contributed by atoms with Gasteiger partial charge in [-0.3, -0.25) is 0 Å². The number of methoxy groups -OCH3 is 2. The highest BCUT2D eigenvalue weighted by Crippen LogP contribution is 2.35. The minimum absolute atomic E-state index is 0.120. The van der Waals surface area contributed by atoms with Gasteiger partial charge in [0.2, 0.25) is 0 Å². The maximum atomic E-state index is 14.0. The average Bonchev–Trinajstić information content (AvgIpc) is 2.39. The van der Waals surface area contributed by atoms with Crippen molar-refractivity contribution in [3.05, 3.63) is 23.5 Å². The van der Waals surface area contributed by atoms with Gasteiger partial charge in [0, 0.05) is 24.1 Å². The Hall–Kier alpha value is -1.50. The molecular weight excluding hydrogens is 278 g/mol. The van der Waals surface area contributed by atoms with Crippen LogP contribution in [-0.4, -0.2) is 27.4 Å². The molecule has 0 aliphatic heterocycles. The normalized spacial score (nSPS) is 13.2. The first kappa shape index (κ1) is 16.6. The molecule has 114 valence electrons. The molecule has 0 aromatic heterocycles. The van der Waals surface area contributed by atoms with Gasteiger partial charge < -0.3 is 14.8 Å². The zero-order valence-electron chi connectivity index (χ0n) is 11.5.